The quantitative estimate of drug-likeness (QED) is 0.827. The molecule has 2 aliphatic carbocycles. The number of hydrogen-bond acceptors (Lipinski definition) is 4. The first-order valence-electron chi connectivity index (χ1n) is 6.94. The SMILES string of the molecule is CNCc1cc(S(=O)(=O)NC2CC3CCC2C3)c(Br)s1. The fraction of sp³-hybridized carbons (Fsp3) is 0.692. The zero-order valence-corrected chi connectivity index (χ0v) is 14.6. The Morgan fingerprint density at radius 3 is 2.80 bits per heavy atom. The second kappa shape index (κ2) is 5.68. The van der Waals surface area contributed by atoms with Gasteiger partial charge in [0.2, 0.25) is 10.0 Å². The van der Waals surface area contributed by atoms with Crippen LogP contribution in [0.4, 0.5) is 0 Å². The van der Waals surface area contributed by atoms with Crippen LogP contribution < -0.4 is 10.0 Å². The van der Waals surface area contributed by atoms with Crippen molar-refractivity contribution in [2.24, 2.45) is 11.8 Å². The first-order chi connectivity index (χ1) is 9.49. The highest BCUT2D eigenvalue weighted by atomic mass is 79.9. The Hall–Kier alpha value is 0.0500. The fourth-order valence-electron chi connectivity index (χ4n) is 3.49. The Kier molecular flexibility index (Phi) is 4.25. The third-order valence-corrected chi connectivity index (χ3v) is 8.13. The molecule has 2 saturated carbocycles. The van der Waals surface area contributed by atoms with E-state index in [0.29, 0.717) is 21.1 Å². The fourth-order valence-corrected chi connectivity index (χ4v) is 7.51. The molecule has 0 radical (unpaired) electrons. The van der Waals surface area contributed by atoms with Crippen molar-refractivity contribution in [3.8, 4) is 0 Å². The molecule has 1 aromatic heterocycles. The Balaban J connectivity index is 1.78. The maximum absolute atomic E-state index is 12.5. The van der Waals surface area contributed by atoms with Crippen LogP contribution in [0.5, 0.6) is 0 Å². The van der Waals surface area contributed by atoms with Crippen molar-refractivity contribution < 1.29 is 8.42 Å². The van der Waals surface area contributed by atoms with Crippen molar-refractivity contribution >= 4 is 37.3 Å². The van der Waals surface area contributed by atoms with Crippen LogP contribution in [-0.4, -0.2) is 21.5 Å². The Bertz CT molecular complexity index is 600. The van der Waals surface area contributed by atoms with E-state index in [9.17, 15) is 8.42 Å². The molecule has 1 aromatic rings. The van der Waals surface area contributed by atoms with Gasteiger partial charge in [0.25, 0.3) is 0 Å². The van der Waals surface area contributed by atoms with Crippen LogP contribution in [0.1, 0.15) is 30.6 Å². The highest BCUT2D eigenvalue weighted by Crippen LogP contribution is 2.45. The molecule has 2 aliphatic rings. The second-order valence-electron chi connectivity index (χ2n) is 5.78. The molecular formula is C13H19BrN2O2S2. The van der Waals surface area contributed by atoms with Crippen LogP contribution in [0.3, 0.4) is 0 Å². The van der Waals surface area contributed by atoms with Crippen LogP contribution in [0.15, 0.2) is 14.7 Å². The molecule has 7 heteroatoms. The molecule has 2 bridgehead atoms. The van der Waals surface area contributed by atoms with Crippen molar-refractivity contribution in [3.05, 3.63) is 14.7 Å². The minimum absolute atomic E-state index is 0.137. The molecule has 0 aliphatic heterocycles. The van der Waals surface area contributed by atoms with Crippen LogP contribution >= 0.6 is 27.3 Å². The number of thiophene rings is 1. The van der Waals surface area contributed by atoms with E-state index < -0.39 is 10.0 Å². The van der Waals surface area contributed by atoms with Gasteiger partial charge in [-0.05, 0) is 60.1 Å². The summed E-state index contributed by atoms with van der Waals surface area (Å²) in [7, 11) is -1.55. The summed E-state index contributed by atoms with van der Waals surface area (Å²) in [6, 6.07) is 1.90. The van der Waals surface area contributed by atoms with Gasteiger partial charge in [-0.2, -0.15) is 0 Å². The maximum Gasteiger partial charge on any atom is 0.242 e. The normalized spacial score (nSPS) is 29.2. The lowest BCUT2D eigenvalue weighted by Gasteiger charge is -2.22. The minimum atomic E-state index is -3.41. The van der Waals surface area contributed by atoms with Crippen molar-refractivity contribution in [1.82, 2.24) is 10.0 Å². The van der Waals surface area contributed by atoms with Crippen molar-refractivity contribution in [1.29, 1.82) is 0 Å². The van der Waals surface area contributed by atoms with Gasteiger partial charge < -0.3 is 5.32 Å². The molecule has 4 nitrogen and oxygen atoms in total. The largest absolute Gasteiger partial charge is 0.315 e. The van der Waals surface area contributed by atoms with E-state index in [-0.39, 0.29) is 6.04 Å². The molecule has 0 spiro atoms. The van der Waals surface area contributed by atoms with Gasteiger partial charge in [-0.15, -0.1) is 11.3 Å². The highest BCUT2D eigenvalue weighted by Gasteiger charge is 2.41. The molecule has 1 heterocycles. The van der Waals surface area contributed by atoms with Crippen molar-refractivity contribution in [2.75, 3.05) is 7.05 Å². The van der Waals surface area contributed by atoms with Gasteiger partial charge >= 0.3 is 0 Å². The van der Waals surface area contributed by atoms with Gasteiger partial charge in [-0.1, -0.05) is 6.42 Å². The highest BCUT2D eigenvalue weighted by molar-refractivity contribution is 9.11. The molecule has 3 rings (SSSR count). The zero-order valence-electron chi connectivity index (χ0n) is 11.4. The first kappa shape index (κ1) is 15.0. The number of hydrogen-bond donors (Lipinski definition) is 2. The average Bonchev–Trinajstić information content (AvgIpc) is 3.04. The molecule has 3 unspecified atom stereocenters. The molecule has 0 aromatic carbocycles. The number of halogens is 1. The van der Waals surface area contributed by atoms with Crippen LogP contribution in [0.25, 0.3) is 0 Å². The summed E-state index contributed by atoms with van der Waals surface area (Å²) in [5.41, 5.74) is 0. The van der Waals surface area contributed by atoms with Gasteiger partial charge in [0.1, 0.15) is 4.90 Å². The second-order valence-corrected chi connectivity index (χ2v) is 9.92. The van der Waals surface area contributed by atoms with E-state index in [1.54, 1.807) is 6.07 Å². The van der Waals surface area contributed by atoms with Gasteiger partial charge in [0.15, 0.2) is 0 Å². The van der Waals surface area contributed by atoms with E-state index in [1.807, 2.05) is 7.05 Å². The molecule has 112 valence electrons. The molecular weight excluding hydrogens is 360 g/mol. The third-order valence-electron chi connectivity index (χ3n) is 4.39. The van der Waals surface area contributed by atoms with Gasteiger partial charge in [0, 0.05) is 17.5 Å². The Labute approximate surface area is 132 Å². The molecule has 3 atom stereocenters. The van der Waals surface area contributed by atoms with E-state index in [2.05, 4.69) is 26.0 Å². The molecule has 2 fully saturated rings. The Morgan fingerprint density at radius 1 is 1.40 bits per heavy atom. The summed E-state index contributed by atoms with van der Waals surface area (Å²) in [5, 5.41) is 3.05. The van der Waals surface area contributed by atoms with Gasteiger partial charge in [-0.25, -0.2) is 13.1 Å². The Morgan fingerprint density at radius 2 is 2.20 bits per heavy atom. The lowest BCUT2D eigenvalue weighted by Crippen LogP contribution is -2.38. The predicted octanol–water partition coefficient (Wildman–Crippen LogP) is 2.70. The van der Waals surface area contributed by atoms with Gasteiger partial charge in [0.05, 0.1) is 3.79 Å². The third kappa shape index (κ3) is 2.83. The summed E-state index contributed by atoms with van der Waals surface area (Å²) in [4.78, 5) is 1.41. The van der Waals surface area contributed by atoms with Crippen molar-refractivity contribution in [2.45, 2.75) is 43.2 Å². The van der Waals surface area contributed by atoms with E-state index in [1.165, 1.54) is 30.6 Å². The number of rotatable bonds is 5. The summed E-state index contributed by atoms with van der Waals surface area (Å²) in [6.07, 6.45) is 4.66. The number of sulfonamides is 1. The number of nitrogens with one attached hydrogen (secondary N) is 2. The molecule has 0 amide bonds. The molecule has 20 heavy (non-hydrogen) atoms. The lowest BCUT2D eigenvalue weighted by atomic mass is 9.96. The van der Waals surface area contributed by atoms with Crippen LogP contribution in [0, 0.1) is 11.8 Å². The zero-order chi connectivity index (χ0) is 14.3. The topological polar surface area (TPSA) is 58.2 Å². The van der Waals surface area contributed by atoms with E-state index >= 15 is 0 Å². The summed E-state index contributed by atoms with van der Waals surface area (Å²) < 4.78 is 28.7. The van der Waals surface area contributed by atoms with E-state index in [0.717, 1.165) is 17.2 Å². The molecule has 2 N–H and O–H groups in total. The standard InChI is InChI=1S/C13H19BrN2O2S2/c1-15-7-10-6-12(13(14)19-10)20(17,18)16-11-5-8-2-3-9(11)4-8/h6,8-9,11,15-16H,2-5,7H2,1H3. The maximum atomic E-state index is 12.5. The van der Waals surface area contributed by atoms with Crippen molar-refractivity contribution in [3.63, 3.8) is 0 Å². The predicted molar refractivity (Wildman–Crippen MR) is 84.3 cm³/mol. The first-order valence-corrected chi connectivity index (χ1v) is 10.0. The monoisotopic (exact) mass is 378 g/mol. The van der Waals surface area contributed by atoms with Gasteiger partial charge in [-0.3, -0.25) is 0 Å². The number of fused-ring (bicyclic) bond motifs is 2. The van der Waals surface area contributed by atoms with Crippen LogP contribution in [0.2, 0.25) is 0 Å². The van der Waals surface area contributed by atoms with Crippen LogP contribution in [-0.2, 0) is 16.6 Å². The summed E-state index contributed by atoms with van der Waals surface area (Å²) in [5.74, 6) is 1.28. The summed E-state index contributed by atoms with van der Waals surface area (Å²) in [6.45, 7) is 0.687. The average molecular weight is 379 g/mol. The smallest absolute Gasteiger partial charge is 0.242 e. The lowest BCUT2D eigenvalue weighted by molar-refractivity contribution is 0.390. The minimum Gasteiger partial charge on any atom is -0.315 e. The summed E-state index contributed by atoms with van der Waals surface area (Å²) >= 11 is 4.86. The molecule has 0 saturated heterocycles. The van der Waals surface area contributed by atoms with E-state index in [4.69, 9.17) is 0 Å².